The van der Waals surface area contributed by atoms with Gasteiger partial charge in [0.25, 0.3) is 0 Å². The van der Waals surface area contributed by atoms with Gasteiger partial charge < -0.3 is 10.1 Å². The van der Waals surface area contributed by atoms with Crippen LogP contribution in [0.3, 0.4) is 0 Å². The maximum absolute atomic E-state index is 10.8. The lowest BCUT2D eigenvalue weighted by atomic mass is 10.1. The summed E-state index contributed by atoms with van der Waals surface area (Å²) in [4.78, 5) is 12.9. The lowest BCUT2D eigenvalue weighted by Crippen LogP contribution is -2.53. The predicted octanol–water partition coefficient (Wildman–Crippen LogP) is 1.17. The van der Waals surface area contributed by atoms with Crippen LogP contribution in [0, 0.1) is 0 Å². The van der Waals surface area contributed by atoms with E-state index in [1.807, 2.05) is 50.2 Å². The zero-order valence-corrected chi connectivity index (χ0v) is 10.7. The van der Waals surface area contributed by atoms with E-state index in [0.717, 1.165) is 12.1 Å². The number of hydrogen-bond acceptors (Lipinski definition) is 4. The van der Waals surface area contributed by atoms with Crippen molar-refractivity contribution in [3.63, 3.8) is 0 Å². The molecule has 2 unspecified atom stereocenters. The van der Waals surface area contributed by atoms with Crippen LogP contribution in [0.2, 0.25) is 0 Å². The molecule has 1 heterocycles. The van der Waals surface area contributed by atoms with E-state index >= 15 is 0 Å². The molecule has 0 aliphatic carbocycles. The molecule has 0 amide bonds. The van der Waals surface area contributed by atoms with E-state index in [0.29, 0.717) is 12.3 Å². The van der Waals surface area contributed by atoms with Gasteiger partial charge >= 0.3 is 0 Å². The van der Waals surface area contributed by atoms with Crippen molar-refractivity contribution in [1.29, 1.82) is 0 Å². The molecule has 1 aliphatic rings. The van der Waals surface area contributed by atoms with Crippen LogP contribution in [0.4, 0.5) is 0 Å². The maximum atomic E-state index is 10.8. The molecule has 1 aromatic rings. The second-order valence-corrected chi connectivity index (χ2v) is 4.56. The molecular formula is C14H18N2O2. The van der Waals surface area contributed by atoms with E-state index in [-0.39, 0.29) is 12.3 Å². The number of nitrogens with one attached hydrogen (secondary N) is 1. The molecule has 0 bridgehead atoms. The quantitative estimate of drug-likeness (QED) is 0.813. The minimum Gasteiger partial charge on any atom is -0.353 e. The molecule has 96 valence electrons. The van der Waals surface area contributed by atoms with Gasteiger partial charge in [0.15, 0.2) is 0 Å². The third-order valence-electron chi connectivity index (χ3n) is 3.25. The molecule has 1 saturated heterocycles. The van der Waals surface area contributed by atoms with Crippen molar-refractivity contribution >= 4 is 5.94 Å². The normalized spacial score (nSPS) is 24.4. The van der Waals surface area contributed by atoms with E-state index < -0.39 is 0 Å². The van der Waals surface area contributed by atoms with Gasteiger partial charge in [0.05, 0.1) is 12.6 Å². The number of ether oxygens (including phenoxy) is 1. The van der Waals surface area contributed by atoms with Crippen molar-refractivity contribution in [3.8, 4) is 0 Å². The molecular weight excluding hydrogens is 228 g/mol. The van der Waals surface area contributed by atoms with Gasteiger partial charge in [0.2, 0.25) is 0 Å². The van der Waals surface area contributed by atoms with Gasteiger partial charge in [-0.2, -0.15) is 0 Å². The number of carbonyl (C=O) groups excluding carboxylic acids is 1. The predicted molar refractivity (Wildman–Crippen MR) is 69.5 cm³/mol. The van der Waals surface area contributed by atoms with Crippen LogP contribution in [-0.4, -0.2) is 36.7 Å². The molecule has 0 saturated carbocycles. The molecule has 1 fully saturated rings. The lowest BCUT2D eigenvalue weighted by Gasteiger charge is -2.36. The van der Waals surface area contributed by atoms with Crippen molar-refractivity contribution in [2.45, 2.75) is 25.8 Å². The van der Waals surface area contributed by atoms with Crippen molar-refractivity contribution in [1.82, 2.24) is 10.2 Å². The molecule has 2 rings (SSSR count). The fraction of sp³-hybridized carbons (Fsp3) is 0.429. The molecule has 4 heteroatoms. The van der Waals surface area contributed by atoms with Crippen molar-refractivity contribution in [3.05, 3.63) is 41.6 Å². The number of piperazine rings is 1. The van der Waals surface area contributed by atoms with Crippen molar-refractivity contribution in [2.75, 3.05) is 13.6 Å². The van der Waals surface area contributed by atoms with E-state index in [1.54, 1.807) is 0 Å². The van der Waals surface area contributed by atoms with E-state index in [4.69, 9.17) is 4.74 Å². The summed E-state index contributed by atoms with van der Waals surface area (Å²) in [5.74, 6) is 1.95. The van der Waals surface area contributed by atoms with Crippen molar-refractivity contribution < 1.29 is 9.53 Å². The van der Waals surface area contributed by atoms with Gasteiger partial charge in [-0.3, -0.25) is 4.90 Å². The molecule has 1 N–H and O–H groups in total. The Balaban J connectivity index is 1.93. The highest BCUT2D eigenvalue weighted by Crippen LogP contribution is 2.13. The Hall–Kier alpha value is -1.61. The van der Waals surface area contributed by atoms with E-state index in [1.165, 1.54) is 0 Å². The molecule has 18 heavy (non-hydrogen) atoms. The van der Waals surface area contributed by atoms with Crippen LogP contribution in [0.1, 0.15) is 12.5 Å². The zero-order chi connectivity index (χ0) is 13.0. The van der Waals surface area contributed by atoms with Crippen LogP contribution in [0.25, 0.3) is 0 Å². The van der Waals surface area contributed by atoms with Gasteiger partial charge in [0, 0.05) is 6.54 Å². The lowest BCUT2D eigenvalue weighted by molar-refractivity contribution is -0.0171. The van der Waals surface area contributed by atoms with Gasteiger partial charge in [-0.25, -0.2) is 4.79 Å². The minimum atomic E-state index is -0.164. The molecule has 4 nitrogen and oxygen atoms in total. The Labute approximate surface area is 107 Å². The SMILES string of the molecule is CC1C(=C=O)NC(OCc2ccccc2)CN1C. The highest BCUT2D eigenvalue weighted by molar-refractivity contribution is 5.53. The number of hydrogen-bond donors (Lipinski definition) is 1. The molecule has 0 spiro atoms. The van der Waals surface area contributed by atoms with Crippen LogP contribution >= 0.6 is 0 Å². The fourth-order valence-corrected chi connectivity index (χ4v) is 1.96. The number of nitrogens with zero attached hydrogens (tertiary/aromatic N) is 1. The summed E-state index contributed by atoms with van der Waals surface area (Å²) in [5, 5.41) is 3.08. The minimum absolute atomic E-state index is 0.0686. The number of rotatable bonds is 3. The van der Waals surface area contributed by atoms with E-state index in [9.17, 15) is 4.79 Å². The highest BCUT2D eigenvalue weighted by Gasteiger charge is 2.27. The summed E-state index contributed by atoms with van der Waals surface area (Å²) in [6.07, 6.45) is -0.164. The Kier molecular flexibility index (Phi) is 4.15. The first-order chi connectivity index (χ1) is 8.70. The van der Waals surface area contributed by atoms with Gasteiger partial charge in [0.1, 0.15) is 17.9 Å². The van der Waals surface area contributed by atoms with Gasteiger partial charge in [-0.15, -0.1) is 0 Å². The second-order valence-electron chi connectivity index (χ2n) is 4.56. The smallest absolute Gasteiger partial charge is 0.147 e. The van der Waals surface area contributed by atoms with Crippen LogP contribution in [0.5, 0.6) is 0 Å². The standard InChI is InChI=1S/C14H18N2O2/c1-11-13(9-17)15-14(8-16(11)2)18-10-12-6-4-3-5-7-12/h3-7,11,14-15H,8,10H2,1-2H3. The van der Waals surface area contributed by atoms with Crippen LogP contribution in [0.15, 0.2) is 36.0 Å². The third-order valence-corrected chi connectivity index (χ3v) is 3.25. The summed E-state index contributed by atoms with van der Waals surface area (Å²) in [6.45, 7) is 3.26. The second kappa shape index (κ2) is 5.83. The number of likely N-dealkylation sites (N-methyl/N-ethyl adjacent to an activating group) is 1. The summed E-state index contributed by atoms with van der Waals surface area (Å²) >= 11 is 0. The Morgan fingerprint density at radius 3 is 2.83 bits per heavy atom. The zero-order valence-electron chi connectivity index (χ0n) is 10.7. The van der Waals surface area contributed by atoms with Crippen LogP contribution in [-0.2, 0) is 16.1 Å². The largest absolute Gasteiger partial charge is 0.353 e. The summed E-state index contributed by atoms with van der Waals surface area (Å²) in [5.41, 5.74) is 1.68. The first kappa shape index (κ1) is 12.8. The summed E-state index contributed by atoms with van der Waals surface area (Å²) in [6, 6.07) is 10.1. The average Bonchev–Trinajstić information content (AvgIpc) is 2.41. The topological polar surface area (TPSA) is 41.6 Å². The third kappa shape index (κ3) is 2.99. The average molecular weight is 246 g/mol. The Morgan fingerprint density at radius 2 is 2.17 bits per heavy atom. The Bertz CT molecular complexity index is 440. The molecule has 1 aliphatic heterocycles. The summed E-state index contributed by atoms with van der Waals surface area (Å²) < 4.78 is 5.77. The molecule has 1 aromatic carbocycles. The fourth-order valence-electron chi connectivity index (χ4n) is 1.96. The van der Waals surface area contributed by atoms with Gasteiger partial charge in [-0.1, -0.05) is 30.3 Å². The monoisotopic (exact) mass is 246 g/mol. The van der Waals surface area contributed by atoms with E-state index in [2.05, 4.69) is 10.2 Å². The first-order valence-electron chi connectivity index (χ1n) is 6.08. The first-order valence-corrected chi connectivity index (χ1v) is 6.08. The van der Waals surface area contributed by atoms with Gasteiger partial charge in [-0.05, 0) is 19.5 Å². The molecule has 0 radical (unpaired) electrons. The molecule has 2 atom stereocenters. The maximum Gasteiger partial charge on any atom is 0.147 e. The summed E-state index contributed by atoms with van der Waals surface area (Å²) in [7, 11) is 1.97. The molecule has 0 aromatic heterocycles. The van der Waals surface area contributed by atoms with Crippen LogP contribution < -0.4 is 5.32 Å². The highest BCUT2D eigenvalue weighted by atomic mass is 16.5. The Morgan fingerprint density at radius 1 is 1.44 bits per heavy atom. The van der Waals surface area contributed by atoms with Crippen molar-refractivity contribution in [2.24, 2.45) is 0 Å². The number of benzene rings is 1.